The number of hydrogen-bond acceptors (Lipinski definition) is 7. The van der Waals surface area contributed by atoms with Crippen molar-refractivity contribution in [2.75, 3.05) is 19.8 Å². The first kappa shape index (κ1) is 31.0. The van der Waals surface area contributed by atoms with Crippen LogP contribution < -0.4 is 14.2 Å². The molecule has 0 spiro atoms. The number of carbonyl (C=O) groups excluding carboxylic acids is 2. The second-order valence-electron chi connectivity index (χ2n) is 8.99. The molecule has 0 saturated carbocycles. The minimum Gasteiger partial charge on any atom is -0.507 e. The third-order valence-electron chi connectivity index (χ3n) is 5.85. The molecule has 2 aromatic carbocycles. The summed E-state index contributed by atoms with van der Waals surface area (Å²) in [6, 6.07) is 4.81. The minimum absolute atomic E-state index is 0.0111. The molecule has 0 aliphatic heterocycles. The highest BCUT2D eigenvalue weighted by molar-refractivity contribution is 6.32. The molecular formula is C29H37ClO8. The molecule has 0 aliphatic carbocycles. The van der Waals surface area contributed by atoms with Crippen molar-refractivity contribution < 1.29 is 38.8 Å². The molecule has 0 heterocycles. The van der Waals surface area contributed by atoms with Gasteiger partial charge in [-0.15, -0.1) is 0 Å². The van der Waals surface area contributed by atoms with E-state index in [1.165, 1.54) is 19.9 Å². The number of benzene rings is 2. The van der Waals surface area contributed by atoms with Gasteiger partial charge in [0.05, 0.1) is 36.0 Å². The number of hydrogen-bond donors (Lipinski definition) is 2. The SMILES string of the molecule is CCCc1c(O)c(C(C)=O)cc(Cl)c1OCCCOc1c(C(C)=O)ccc(OCCCC(=O)O)c1CCC. The van der Waals surface area contributed by atoms with Gasteiger partial charge in [-0.3, -0.25) is 14.4 Å². The molecule has 2 rings (SSSR count). The van der Waals surface area contributed by atoms with Crippen molar-refractivity contribution >= 4 is 29.1 Å². The highest BCUT2D eigenvalue weighted by Crippen LogP contribution is 2.39. The first-order valence-electron chi connectivity index (χ1n) is 12.9. The van der Waals surface area contributed by atoms with E-state index in [1.807, 2.05) is 13.8 Å². The summed E-state index contributed by atoms with van der Waals surface area (Å²) in [4.78, 5) is 35.0. The number of ether oxygens (including phenoxy) is 3. The average Bonchev–Trinajstić information content (AvgIpc) is 2.85. The molecule has 2 N–H and O–H groups in total. The Morgan fingerprint density at radius 3 is 1.97 bits per heavy atom. The third kappa shape index (κ3) is 8.38. The Kier molecular flexibility index (Phi) is 12.4. The molecule has 0 saturated heterocycles. The lowest BCUT2D eigenvalue weighted by Crippen LogP contribution is -2.11. The van der Waals surface area contributed by atoms with Gasteiger partial charge in [0.2, 0.25) is 0 Å². The molecule has 9 heteroatoms. The van der Waals surface area contributed by atoms with Crippen LogP contribution in [0.2, 0.25) is 5.02 Å². The summed E-state index contributed by atoms with van der Waals surface area (Å²) >= 11 is 6.39. The quantitative estimate of drug-likeness (QED) is 0.171. The molecule has 38 heavy (non-hydrogen) atoms. The van der Waals surface area contributed by atoms with Crippen molar-refractivity contribution in [1.82, 2.24) is 0 Å². The molecule has 2 aromatic rings. The van der Waals surface area contributed by atoms with Crippen LogP contribution in [-0.4, -0.2) is 47.6 Å². The maximum Gasteiger partial charge on any atom is 0.303 e. The van der Waals surface area contributed by atoms with Crippen LogP contribution in [0, 0.1) is 0 Å². The number of ketones is 2. The molecule has 8 nitrogen and oxygen atoms in total. The van der Waals surface area contributed by atoms with Crippen molar-refractivity contribution in [1.29, 1.82) is 0 Å². The number of carbonyl (C=O) groups is 3. The summed E-state index contributed by atoms with van der Waals surface area (Å²) in [6.07, 6.45) is 3.49. The topological polar surface area (TPSA) is 119 Å². The van der Waals surface area contributed by atoms with Crippen molar-refractivity contribution in [2.24, 2.45) is 0 Å². The van der Waals surface area contributed by atoms with Crippen LogP contribution in [0.4, 0.5) is 0 Å². The Bertz CT molecular complexity index is 1140. The molecule has 0 amide bonds. The number of Topliss-reactive ketones (excluding diaryl/α,β-unsaturated/α-hetero) is 2. The van der Waals surface area contributed by atoms with Crippen LogP contribution in [0.15, 0.2) is 18.2 Å². The van der Waals surface area contributed by atoms with Gasteiger partial charge in [0.15, 0.2) is 11.6 Å². The van der Waals surface area contributed by atoms with Gasteiger partial charge in [-0.05, 0) is 51.3 Å². The fraction of sp³-hybridized carbons (Fsp3) is 0.483. The molecule has 0 aliphatic rings. The largest absolute Gasteiger partial charge is 0.507 e. The van der Waals surface area contributed by atoms with E-state index >= 15 is 0 Å². The molecular weight excluding hydrogens is 512 g/mol. The zero-order valence-corrected chi connectivity index (χ0v) is 23.3. The van der Waals surface area contributed by atoms with E-state index in [4.69, 9.17) is 30.9 Å². The monoisotopic (exact) mass is 548 g/mol. The molecule has 0 atom stereocenters. The molecule has 0 bridgehead atoms. The Hall–Kier alpha value is -3.26. The van der Waals surface area contributed by atoms with E-state index < -0.39 is 5.97 Å². The Labute approximate surface area is 228 Å². The molecule has 0 aromatic heterocycles. The van der Waals surface area contributed by atoms with Gasteiger partial charge in [-0.25, -0.2) is 0 Å². The predicted octanol–water partition coefficient (Wildman–Crippen LogP) is 6.45. The number of aliphatic carboxylic acids is 1. The fourth-order valence-electron chi connectivity index (χ4n) is 4.07. The van der Waals surface area contributed by atoms with Crippen molar-refractivity contribution in [2.45, 2.75) is 72.6 Å². The number of aromatic hydroxyl groups is 1. The molecule has 0 radical (unpaired) electrons. The first-order chi connectivity index (χ1) is 18.1. The van der Waals surface area contributed by atoms with Crippen LogP contribution in [0.1, 0.15) is 91.6 Å². The number of phenols is 1. The van der Waals surface area contributed by atoms with Gasteiger partial charge in [0.1, 0.15) is 23.0 Å². The second-order valence-corrected chi connectivity index (χ2v) is 9.40. The highest BCUT2D eigenvalue weighted by atomic mass is 35.5. The smallest absolute Gasteiger partial charge is 0.303 e. The summed E-state index contributed by atoms with van der Waals surface area (Å²) in [7, 11) is 0. The normalized spacial score (nSPS) is 10.8. The summed E-state index contributed by atoms with van der Waals surface area (Å²) in [5.41, 5.74) is 1.89. The molecule has 0 unspecified atom stereocenters. The fourth-order valence-corrected chi connectivity index (χ4v) is 4.35. The van der Waals surface area contributed by atoms with Crippen molar-refractivity contribution in [3.63, 3.8) is 0 Å². The van der Waals surface area contributed by atoms with Gasteiger partial charge in [0.25, 0.3) is 0 Å². The third-order valence-corrected chi connectivity index (χ3v) is 6.13. The maximum atomic E-state index is 12.3. The highest BCUT2D eigenvalue weighted by Gasteiger charge is 2.21. The van der Waals surface area contributed by atoms with Crippen molar-refractivity contribution in [3.05, 3.63) is 45.5 Å². The number of carboxylic acids is 1. The van der Waals surface area contributed by atoms with Gasteiger partial charge in [-0.1, -0.05) is 38.3 Å². The molecule has 208 valence electrons. The van der Waals surface area contributed by atoms with E-state index in [0.717, 1.165) is 18.4 Å². The summed E-state index contributed by atoms with van der Waals surface area (Å²) < 4.78 is 17.8. The van der Waals surface area contributed by atoms with Crippen LogP contribution in [0.5, 0.6) is 23.0 Å². The lowest BCUT2D eigenvalue weighted by atomic mass is 10.0. The Morgan fingerprint density at radius 2 is 1.39 bits per heavy atom. The van der Waals surface area contributed by atoms with Gasteiger partial charge >= 0.3 is 5.97 Å². The van der Waals surface area contributed by atoms with E-state index in [-0.39, 0.29) is 54.1 Å². The number of phenolic OH excluding ortho intramolecular Hbond substituents is 1. The lowest BCUT2D eigenvalue weighted by Gasteiger charge is -2.19. The van der Waals surface area contributed by atoms with Gasteiger partial charge < -0.3 is 24.4 Å². The number of halogens is 1. The zero-order valence-electron chi connectivity index (χ0n) is 22.5. The minimum atomic E-state index is -0.881. The van der Waals surface area contributed by atoms with Gasteiger partial charge in [-0.2, -0.15) is 0 Å². The van der Waals surface area contributed by atoms with E-state index in [1.54, 1.807) is 12.1 Å². The zero-order chi connectivity index (χ0) is 28.2. The van der Waals surface area contributed by atoms with Crippen LogP contribution >= 0.6 is 11.6 Å². The van der Waals surface area contributed by atoms with E-state index in [9.17, 15) is 19.5 Å². The Morgan fingerprint density at radius 1 is 0.816 bits per heavy atom. The summed E-state index contributed by atoms with van der Waals surface area (Å²) in [6.45, 7) is 7.54. The van der Waals surface area contributed by atoms with Crippen LogP contribution in [-0.2, 0) is 17.6 Å². The van der Waals surface area contributed by atoms with Gasteiger partial charge in [0, 0.05) is 24.0 Å². The maximum absolute atomic E-state index is 12.3. The average molecular weight is 549 g/mol. The standard InChI is InChI=1S/C29H37ClO8/c1-5-9-21-25(36-14-7-11-26(33)34)13-12-20(18(3)31)28(21)37-15-8-16-38-29-22(10-6-2)27(35)23(19(4)32)17-24(29)30/h12-13,17,35H,5-11,14-16H2,1-4H3,(H,33,34). The first-order valence-corrected chi connectivity index (χ1v) is 13.3. The number of rotatable bonds is 17. The van der Waals surface area contributed by atoms with E-state index in [2.05, 4.69) is 0 Å². The Balaban J connectivity index is 2.15. The second kappa shape index (κ2) is 15.2. The number of carboxylic acid groups (broad SMARTS) is 1. The van der Waals surface area contributed by atoms with E-state index in [0.29, 0.717) is 54.1 Å². The van der Waals surface area contributed by atoms with Crippen LogP contribution in [0.3, 0.4) is 0 Å². The van der Waals surface area contributed by atoms with Crippen LogP contribution in [0.25, 0.3) is 0 Å². The summed E-state index contributed by atoms with van der Waals surface area (Å²) in [5, 5.41) is 19.7. The summed E-state index contributed by atoms with van der Waals surface area (Å²) in [5.74, 6) is -0.0150. The van der Waals surface area contributed by atoms with Crippen molar-refractivity contribution in [3.8, 4) is 23.0 Å². The predicted molar refractivity (Wildman–Crippen MR) is 146 cm³/mol. The molecule has 0 fully saturated rings. The lowest BCUT2D eigenvalue weighted by molar-refractivity contribution is -0.137.